The molecular weight excluding hydrogens is 240 g/mol. The maximum atomic E-state index is 5.11. The van der Waals surface area contributed by atoms with E-state index in [4.69, 9.17) is 4.74 Å². The molecule has 0 amide bonds. The monoisotopic (exact) mass is 256 g/mol. The molecule has 0 bridgehead atoms. The lowest BCUT2D eigenvalue weighted by molar-refractivity contribution is 0.184. The Balaban J connectivity index is 2.88. The van der Waals surface area contributed by atoms with Crippen LogP contribution in [-0.4, -0.2) is 7.11 Å². The van der Waals surface area contributed by atoms with Gasteiger partial charge in [-0.3, -0.25) is 0 Å². The number of benzene rings is 1. The topological polar surface area (TPSA) is 9.23 Å². The van der Waals surface area contributed by atoms with Gasteiger partial charge in [0.25, 0.3) is 0 Å². The van der Waals surface area contributed by atoms with Gasteiger partial charge < -0.3 is 4.74 Å². The van der Waals surface area contributed by atoms with Crippen molar-refractivity contribution in [1.29, 1.82) is 0 Å². The van der Waals surface area contributed by atoms with Crippen molar-refractivity contribution in [3.8, 4) is 0 Å². The summed E-state index contributed by atoms with van der Waals surface area (Å²) in [4.78, 5) is 0. The zero-order chi connectivity index (χ0) is 10.6. The van der Waals surface area contributed by atoms with Gasteiger partial charge in [-0.15, -0.1) is 0 Å². The first-order valence-electron chi connectivity index (χ1n) is 4.96. The largest absolute Gasteiger partial charge is 0.380 e. The van der Waals surface area contributed by atoms with Gasteiger partial charge in [-0.1, -0.05) is 41.9 Å². The Bertz CT molecular complexity index is 296. The lowest BCUT2D eigenvalue weighted by atomic mass is 9.98. The molecule has 0 aliphatic heterocycles. The van der Waals surface area contributed by atoms with Crippen molar-refractivity contribution >= 4 is 15.9 Å². The van der Waals surface area contributed by atoms with E-state index < -0.39 is 0 Å². The van der Waals surface area contributed by atoms with Crippen LogP contribution in [0.2, 0.25) is 0 Å². The Labute approximate surface area is 94.6 Å². The second-order valence-corrected chi connectivity index (χ2v) is 4.45. The van der Waals surface area contributed by atoms with Crippen molar-refractivity contribution in [1.82, 2.24) is 0 Å². The van der Waals surface area contributed by atoms with E-state index >= 15 is 0 Å². The summed E-state index contributed by atoms with van der Waals surface area (Å²) in [6.45, 7) is 5.13. The van der Waals surface area contributed by atoms with E-state index in [0.29, 0.717) is 12.5 Å². The smallest absolute Gasteiger partial charge is 0.0724 e. The molecule has 1 unspecified atom stereocenters. The normalized spacial score (nSPS) is 12.9. The second-order valence-electron chi connectivity index (χ2n) is 3.59. The number of hydrogen-bond acceptors (Lipinski definition) is 1. The second kappa shape index (κ2) is 5.52. The van der Waals surface area contributed by atoms with Crippen molar-refractivity contribution in [2.75, 3.05) is 7.11 Å². The summed E-state index contributed by atoms with van der Waals surface area (Å²) in [5.74, 6) is 0.628. The molecule has 14 heavy (non-hydrogen) atoms. The van der Waals surface area contributed by atoms with Crippen LogP contribution in [0.3, 0.4) is 0 Å². The number of rotatable bonds is 4. The molecule has 1 aromatic carbocycles. The number of hydrogen-bond donors (Lipinski definition) is 0. The van der Waals surface area contributed by atoms with Gasteiger partial charge in [0.05, 0.1) is 6.61 Å². The van der Waals surface area contributed by atoms with Crippen molar-refractivity contribution in [3.63, 3.8) is 0 Å². The highest BCUT2D eigenvalue weighted by atomic mass is 79.9. The Morgan fingerprint density at radius 3 is 2.64 bits per heavy atom. The highest BCUT2D eigenvalue weighted by molar-refractivity contribution is 9.10. The maximum Gasteiger partial charge on any atom is 0.0724 e. The summed E-state index contributed by atoms with van der Waals surface area (Å²) in [6, 6.07) is 6.52. The first-order valence-corrected chi connectivity index (χ1v) is 5.75. The first-order chi connectivity index (χ1) is 6.69. The molecule has 2 heteroatoms. The van der Waals surface area contributed by atoms with E-state index in [-0.39, 0.29) is 0 Å². The third kappa shape index (κ3) is 2.82. The molecule has 0 aromatic heterocycles. The summed E-state index contributed by atoms with van der Waals surface area (Å²) in [5, 5.41) is 0. The highest BCUT2D eigenvalue weighted by Crippen LogP contribution is 2.25. The molecule has 0 N–H and O–H groups in total. The van der Waals surface area contributed by atoms with Gasteiger partial charge in [-0.05, 0) is 29.5 Å². The third-order valence-electron chi connectivity index (χ3n) is 2.56. The molecule has 1 nitrogen and oxygen atoms in total. The predicted molar refractivity (Wildman–Crippen MR) is 63.6 cm³/mol. The average Bonchev–Trinajstić information content (AvgIpc) is 2.20. The van der Waals surface area contributed by atoms with Crippen molar-refractivity contribution in [3.05, 3.63) is 33.8 Å². The van der Waals surface area contributed by atoms with Crippen molar-refractivity contribution in [2.45, 2.75) is 32.8 Å². The highest BCUT2D eigenvalue weighted by Gasteiger charge is 2.05. The van der Waals surface area contributed by atoms with Crippen LogP contribution in [0.1, 0.15) is 37.3 Å². The lowest BCUT2D eigenvalue weighted by Crippen LogP contribution is -1.94. The lowest BCUT2D eigenvalue weighted by Gasteiger charge is -2.11. The number of halogens is 1. The van der Waals surface area contributed by atoms with Crippen molar-refractivity contribution < 1.29 is 4.74 Å². The molecule has 0 aliphatic carbocycles. The van der Waals surface area contributed by atoms with Crippen LogP contribution in [0, 0.1) is 0 Å². The number of ether oxygens (including phenoxy) is 1. The third-order valence-corrected chi connectivity index (χ3v) is 3.30. The van der Waals surface area contributed by atoms with Crippen LogP contribution in [0.15, 0.2) is 22.7 Å². The maximum absolute atomic E-state index is 5.11. The Hall–Kier alpha value is -0.340. The van der Waals surface area contributed by atoms with Crippen molar-refractivity contribution in [2.24, 2.45) is 0 Å². The molecule has 0 saturated heterocycles. The molecule has 0 fully saturated rings. The van der Waals surface area contributed by atoms with Gasteiger partial charge in [-0.2, -0.15) is 0 Å². The van der Waals surface area contributed by atoms with Gasteiger partial charge in [0, 0.05) is 11.6 Å². The van der Waals surface area contributed by atoms with Crippen LogP contribution in [0.25, 0.3) is 0 Å². The van der Waals surface area contributed by atoms with Gasteiger partial charge in [0.2, 0.25) is 0 Å². The van der Waals surface area contributed by atoms with Gasteiger partial charge in [0.15, 0.2) is 0 Å². The molecule has 1 aromatic rings. The summed E-state index contributed by atoms with van der Waals surface area (Å²) < 4.78 is 6.26. The van der Waals surface area contributed by atoms with E-state index in [0.717, 1.165) is 4.47 Å². The average molecular weight is 257 g/mol. The minimum Gasteiger partial charge on any atom is -0.380 e. The molecule has 1 atom stereocenters. The van der Waals surface area contributed by atoms with Gasteiger partial charge in [-0.25, -0.2) is 0 Å². The number of methoxy groups -OCH3 is 1. The molecule has 78 valence electrons. The molecule has 0 spiro atoms. The summed E-state index contributed by atoms with van der Waals surface area (Å²) in [6.07, 6.45) is 1.18. The molecule has 1 rings (SSSR count). The van der Waals surface area contributed by atoms with E-state index in [9.17, 15) is 0 Å². The Morgan fingerprint density at radius 1 is 1.43 bits per heavy atom. The van der Waals surface area contributed by atoms with Crippen LogP contribution in [0.5, 0.6) is 0 Å². The Morgan fingerprint density at radius 2 is 2.14 bits per heavy atom. The zero-order valence-electron chi connectivity index (χ0n) is 9.01. The summed E-state index contributed by atoms with van der Waals surface area (Å²) >= 11 is 3.57. The summed E-state index contributed by atoms with van der Waals surface area (Å²) in [7, 11) is 1.72. The van der Waals surface area contributed by atoms with Crippen LogP contribution in [-0.2, 0) is 11.3 Å². The SMILES string of the molecule is CCC(C)c1ccc(COC)c(Br)c1. The fraction of sp³-hybridized carbons (Fsp3) is 0.500. The van der Waals surface area contributed by atoms with Gasteiger partial charge >= 0.3 is 0 Å². The van der Waals surface area contributed by atoms with Crippen LogP contribution >= 0.6 is 15.9 Å². The van der Waals surface area contributed by atoms with E-state index in [2.05, 4.69) is 48.0 Å². The predicted octanol–water partition coefficient (Wildman–Crippen LogP) is 4.11. The van der Waals surface area contributed by atoms with Crippen LogP contribution in [0.4, 0.5) is 0 Å². The molecule has 0 heterocycles. The summed E-state index contributed by atoms with van der Waals surface area (Å²) in [5.41, 5.74) is 2.60. The standard InChI is InChI=1S/C12H17BrO/c1-4-9(2)10-5-6-11(8-14-3)12(13)7-10/h5-7,9H,4,8H2,1-3H3. The van der Waals surface area contributed by atoms with E-state index in [1.54, 1.807) is 7.11 Å². The van der Waals surface area contributed by atoms with Crippen LogP contribution < -0.4 is 0 Å². The molecular formula is C12H17BrO. The zero-order valence-corrected chi connectivity index (χ0v) is 10.6. The first kappa shape index (κ1) is 11.7. The minimum absolute atomic E-state index is 0.628. The molecule has 0 radical (unpaired) electrons. The Kier molecular flexibility index (Phi) is 4.63. The molecule has 0 aliphatic rings. The minimum atomic E-state index is 0.628. The van der Waals surface area contributed by atoms with Gasteiger partial charge in [0.1, 0.15) is 0 Å². The van der Waals surface area contributed by atoms with E-state index in [1.165, 1.54) is 17.5 Å². The van der Waals surface area contributed by atoms with E-state index in [1.807, 2.05) is 0 Å². The fourth-order valence-corrected chi connectivity index (χ4v) is 1.89. The molecule has 0 saturated carbocycles. The quantitative estimate of drug-likeness (QED) is 0.788. The fourth-order valence-electron chi connectivity index (χ4n) is 1.38.